The van der Waals surface area contributed by atoms with Crippen LogP contribution < -0.4 is 14.8 Å². The van der Waals surface area contributed by atoms with E-state index in [2.05, 4.69) is 5.32 Å². The number of carbonyl (C=O) groups excluding carboxylic acids is 2. The van der Waals surface area contributed by atoms with Gasteiger partial charge in [0.2, 0.25) is 5.91 Å². The van der Waals surface area contributed by atoms with E-state index in [1.165, 1.54) is 11.0 Å². The van der Waals surface area contributed by atoms with Crippen molar-refractivity contribution in [3.63, 3.8) is 0 Å². The molecule has 6 heteroatoms. The standard InChI is InChI=1S/C20H22N2O4/c1-22(2)20(24)15-6-5-7-16(13-15)21-19(23)11-9-14-8-10-17(25-3)18(12-14)26-4/h5-13H,1-4H3,(H,21,23)/b11-9+. The smallest absolute Gasteiger partial charge is 0.253 e. The van der Waals surface area contributed by atoms with Gasteiger partial charge in [0.1, 0.15) is 0 Å². The van der Waals surface area contributed by atoms with Gasteiger partial charge >= 0.3 is 0 Å². The molecule has 0 aliphatic heterocycles. The minimum atomic E-state index is -0.297. The summed E-state index contributed by atoms with van der Waals surface area (Å²) in [7, 11) is 6.48. The van der Waals surface area contributed by atoms with Gasteiger partial charge in [-0.15, -0.1) is 0 Å². The zero-order valence-electron chi connectivity index (χ0n) is 15.3. The minimum Gasteiger partial charge on any atom is -0.493 e. The molecule has 1 N–H and O–H groups in total. The molecule has 2 amide bonds. The number of amides is 2. The molecule has 0 heterocycles. The highest BCUT2D eigenvalue weighted by molar-refractivity contribution is 6.03. The molecule has 0 aromatic heterocycles. The molecule has 0 unspecified atom stereocenters. The molecular formula is C20H22N2O4. The Hall–Kier alpha value is -3.28. The molecule has 0 bridgehead atoms. The van der Waals surface area contributed by atoms with Gasteiger partial charge in [0, 0.05) is 31.4 Å². The lowest BCUT2D eigenvalue weighted by molar-refractivity contribution is -0.111. The number of hydrogen-bond acceptors (Lipinski definition) is 4. The Morgan fingerprint density at radius 3 is 2.38 bits per heavy atom. The molecule has 0 aliphatic carbocycles. The van der Waals surface area contributed by atoms with Crippen molar-refractivity contribution in [1.29, 1.82) is 0 Å². The molecule has 0 spiro atoms. The van der Waals surface area contributed by atoms with Crippen molar-refractivity contribution in [2.24, 2.45) is 0 Å². The van der Waals surface area contributed by atoms with Crippen LogP contribution >= 0.6 is 0 Å². The van der Waals surface area contributed by atoms with Crippen LogP contribution in [0.4, 0.5) is 5.69 Å². The molecule has 2 aromatic carbocycles. The summed E-state index contributed by atoms with van der Waals surface area (Å²) in [5.74, 6) is 0.789. The third-order valence-electron chi connectivity index (χ3n) is 3.62. The summed E-state index contributed by atoms with van der Waals surface area (Å²) < 4.78 is 10.4. The number of nitrogens with one attached hydrogen (secondary N) is 1. The Balaban J connectivity index is 2.08. The predicted molar refractivity (Wildman–Crippen MR) is 102 cm³/mol. The van der Waals surface area contributed by atoms with Crippen LogP contribution in [0.25, 0.3) is 6.08 Å². The van der Waals surface area contributed by atoms with Crippen molar-refractivity contribution < 1.29 is 19.1 Å². The van der Waals surface area contributed by atoms with Crippen LogP contribution in [-0.4, -0.2) is 45.0 Å². The Labute approximate surface area is 153 Å². The van der Waals surface area contributed by atoms with Crippen LogP contribution in [0.15, 0.2) is 48.5 Å². The molecule has 0 saturated heterocycles. The predicted octanol–water partition coefficient (Wildman–Crippen LogP) is 3.06. The van der Waals surface area contributed by atoms with Gasteiger partial charge < -0.3 is 19.7 Å². The first kappa shape index (κ1) is 19.1. The molecule has 26 heavy (non-hydrogen) atoms. The van der Waals surface area contributed by atoms with Crippen LogP contribution in [0.3, 0.4) is 0 Å². The van der Waals surface area contributed by atoms with Crippen LogP contribution in [0.5, 0.6) is 11.5 Å². The maximum absolute atomic E-state index is 12.1. The SMILES string of the molecule is COc1ccc(/C=C/C(=O)Nc2cccc(C(=O)N(C)C)c2)cc1OC. The molecule has 0 saturated carbocycles. The molecule has 0 atom stereocenters. The summed E-state index contributed by atoms with van der Waals surface area (Å²) in [5, 5.41) is 2.75. The van der Waals surface area contributed by atoms with Gasteiger partial charge in [0.25, 0.3) is 5.91 Å². The molecule has 6 nitrogen and oxygen atoms in total. The second kappa shape index (κ2) is 8.71. The normalized spacial score (nSPS) is 10.5. The summed E-state index contributed by atoms with van der Waals surface area (Å²) in [6.45, 7) is 0. The third-order valence-corrected chi connectivity index (χ3v) is 3.62. The van der Waals surface area contributed by atoms with Gasteiger partial charge in [-0.25, -0.2) is 0 Å². The molecule has 0 radical (unpaired) electrons. The van der Waals surface area contributed by atoms with Gasteiger partial charge in [-0.1, -0.05) is 12.1 Å². The van der Waals surface area contributed by atoms with E-state index in [1.54, 1.807) is 70.8 Å². The fourth-order valence-electron chi connectivity index (χ4n) is 2.30. The van der Waals surface area contributed by atoms with Crippen LogP contribution in [0, 0.1) is 0 Å². The maximum atomic E-state index is 12.1. The Bertz CT molecular complexity index is 828. The highest BCUT2D eigenvalue weighted by Crippen LogP contribution is 2.27. The molecule has 2 aromatic rings. The van der Waals surface area contributed by atoms with Crippen molar-refractivity contribution >= 4 is 23.6 Å². The van der Waals surface area contributed by atoms with Crippen LogP contribution in [-0.2, 0) is 4.79 Å². The lowest BCUT2D eigenvalue weighted by Crippen LogP contribution is -2.21. The molecule has 0 aliphatic rings. The van der Waals surface area contributed by atoms with E-state index in [1.807, 2.05) is 6.07 Å². The van der Waals surface area contributed by atoms with Crippen molar-refractivity contribution in [3.8, 4) is 11.5 Å². The number of ether oxygens (including phenoxy) is 2. The van der Waals surface area contributed by atoms with Crippen molar-refractivity contribution in [1.82, 2.24) is 4.90 Å². The summed E-state index contributed by atoms with van der Waals surface area (Å²) in [6, 6.07) is 12.2. The first-order chi connectivity index (χ1) is 12.4. The lowest BCUT2D eigenvalue weighted by Gasteiger charge is -2.11. The number of hydrogen-bond donors (Lipinski definition) is 1. The number of nitrogens with zero attached hydrogens (tertiary/aromatic N) is 1. The molecule has 0 fully saturated rings. The first-order valence-electron chi connectivity index (χ1n) is 7.97. The summed E-state index contributed by atoms with van der Waals surface area (Å²) in [5.41, 5.74) is 1.87. The monoisotopic (exact) mass is 354 g/mol. The Morgan fingerprint density at radius 1 is 1.00 bits per heavy atom. The number of carbonyl (C=O) groups is 2. The molecule has 2 rings (SSSR count). The summed E-state index contributed by atoms with van der Waals surface area (Å²) in [4.78, 5) is 25.6. The highest BCUT2D eigenvalue weighted by Gasteiger charge is 2.09. The minimum absolute atomic E-state index is 0.123. The van der Waals surface area contributed by atoms with Crippen molar-refractivity contribution in [2.45, 2.75) is 0 Å². The number of anilines is 1. The maximum Gasteiger partial charge on any atom is 0.253 e. The zero-order valence-corrected chi connectivity index (χ0v) is 15.3. The van der Waals surface area contributed by atoms with E-state index in [4.69, 9.17) is 9.47 Å². The Kier molecular flexibility index (Phi) is 6.38. The number of rotatable bonds is 6. The summed E-state index contributed by atoms with van der Waals surface area (Å²) in [6.07, 6.45) is 3.09. The van der Waals surface area contributed by atoms with Gasteiger partial charge in [-0.05, 0) is 42.0 Å². The topological polar surface area (TPSA) is 67.9 Å². The van der Waals surface area contributed by atoms with E-state index < -0.39 is 0 Å². The molecular weight excluding hydrogens is 332 g/mol. The van der Waals surface area contributed by atoms with E-state index >= 15 is 0 Å². The summed E-state index contributed by atoms with van der Waals surface area (Å²) >= 11 is 0. The van der Waals surface area contributed by atoms with Gasteiger partial charge in [0.15, 0.2) is 11.5 Å². The van der Waals surface area contributed by atoms with Crippen molar-refractivity contribution in [3.05, 3.63) is 59.7 Å². The molecule has 136 valence electrons. The van der Waals surface area contributed by atoms with Crippen LogP contribution in [0.1, 0.15) is 15.9 Å². The average molecular weight is 354 g/mol. The van der Waals surface area contributed by atoms with Gasteiger partial charge in [0.05, 0.1) is 14.2 Å². The number of methoxy groups -OCH3 is 2. The van der Waals surface area contributed by atoms with E-state index in [0.29, 0.717) is 22.7 Å². The lowest BCUT2D eigenvalue weighted by atomic mass is 10.1. The second-order valence-electron chi connectivity index (χ2n) is 5.72. The second-order valence-corrected chi connectivity index (χ2v) is 5.72. The van der Waals surface area contributed by atoms with E-state index in [0.717, 1.165) is 5.56 Å². The van der Waals surface area contributed by atoms with Gasteiger partial charge in [-0.2, -0.15) is 0 Å². The highest BCUT2D eigenvalue weighted by atomic mass is 16.5. The van der Waals surface area contributed by atoms with Gasteiger partial charge in [-0.3, -0.25) is 9.59 Å². The Morgan fingerprint density at radius 2 is 1.73 bits per heavy atom. The average Bonchev–Trinajstić information content (AvgIpc) is 2.65. The third kappa shape index (κ3) is 4.86. The van der Waals surface area contributed by atoms with Crippen molar-refractivity contribution in [2.75, 3.05) is 33.6 Å². The number of benzene rings is 2. The van der Waals surface area contributed by atoms with Crippen LogP contribution in [0.2, 0.25) is 0 Å². The zero-order chi connectivity index (χ0) is 19.1. The quantitative estimate of drug-likeness (QED) is 0.810. The van der Waals surface area contributed by atoms with E-state index in [-0.39, 0.29) is 11.8 Å². The van der Waals surface area contributed by atoms with E-state index in [9.17, 15) is 9.59 Å². The first-order valence-corrected chi connectivity index (χ1v) is 7.97. The fourth-order valence-corrected chi connectivity index (χ4v) is 2.30. The largest absolute Gasteiger partial charge is 0.493 e. The fraction of sp³-hybridized carbons (Fsp3) is 0.200.